The number of guanidine groups is 1. The fourth-order valence-electron chi connectivity index (χ4n) is 2.32. The van der Waals surface area contributed by atoms with E-state index in [1.165, 1.54) is 5.56 Å². The molecule has 1 aromatic carbocycles. The minimum absolute atomic E-state index is 0.217. The van der Waals surface area contributed by atoms with Crippen LogP contribution in [0.4, 0.5) is 0 Å². The molecule has 1 atom stereocenters. The molecule has 2 aliphatic rings. The summed E-state index contributed by atoms with van der Waals surface area (Å²) in [5, 5.41) is 0. The minimum atomic E-state index is 0.217. The highest BCUT2D eigenvalue weighted by atomic mass is 16.7. The zero-order valence-electron chi connectivity index (χ0n) is 9.72. The molecular formula is C12H15N3O2. The molecular weight excluding hydrogens is 218 g/mol. The van der Waals surface area contributed by atoms with Crippen molar-refractivity contribution in [1.82, 2.24) is 4.90 Å². The lowest BCUT2D eigenvalue weighted by Crippen LogP contribution is -2.35. The van der Waals surface area contributed by atoms with Crippen LogP contribution < -0.4 is 15.2 Å². The van der Waals surface area contributed by atoms with Crippen molar-refractivity contribution in [3.63, 3.8) is 0 Å². The Morgan fingerprint density at radius 3 is 3.06 bits per heavy atom. The van der Waals surface area contributed by atoms with Crippen LogP contribution in [0, 0.1) is 0 Å². The van der Waals surface area contributed by atoms with E-state index in [2.05, 4.69) is 22.9 Å². The molecule has 0 bridgehead atoms. The molecule has 0 saturated heterocycles. The van der Waals surface area contributed by atoms with Gasteiger partial charge in [0.1, 0.15) is 0 Å². The Morgan fingerprint density at radius 2 is 2.24 bits per heavy atom. The zero-order chi connectivity index (χ0) is 11.8. The third-order valence-corrected chi connectivity index (χ3v) is 3.22. The summed E-state index contributed by atoms with van der Waals surface area (Å²) >= 11 is 0. The highest BCUT2D eigenvalue weighted by Gasteiger charge is 2.27. The lowest BCUT2D eigenvalue weighted by molar-refractivity contribution is 0.174. The van der Waals surface area contributed by atoms with Gasteiger partial charge in [-0.25, -0.2) is 0 Å². The molecule has 2 N–H and O–H groups in total. The van der Waals surface area contributed by atoms with Crippen LogP contribution in [-0.4, -0.2) is 30.7 Å². The number of nitrogens with two attached hydrogens (primary N) is 1. The fourth-order valence-corrected chi connectivity index (χ4v) is 2.32. The number of nitrogens with zero attached hydrogens (tertiary/aromatic N) is 2. The maximum absolute atomic E-state index is 5.85. The molecule has 2 aliphatic heterocycles. The summed E-state index contributed by atoms with van der Waals surface area (Å²) in [6.07, 6.45) is 0. The van der Waals surface area contributed by atoms with Crippen molar-refractivity contribution in [2.75, 3.05) is 19.9 Å². The third-order valence-electron chi connectivity index (χ3n) is 3.22. The Balaban J connectivity index is 1.90. The van der Waals surface area contributed by atoms with Crippen LogP contribution >= 0.6 is 0 Å². The van der Waals surface area contributed by atoms with E-state index in [-0.39, 0.29) is 6.04 Å². The molecule has 3 rings (SSSR count). The van der Waals surface area contributed by atoms with Crippen molar-refractivity contribution in [3.8, 4) is 11.5 Å². The summed E-state index contributed by atoms with van der Waals surface area (Å²) in [6.45, 7) is 3.95. The van der Waals surface area contributed by atoms with E-state index in [9.17, 15) is 0 Å². The van der Waals surface area contributed by atoms with Crippen LogP contribution in [-0.2, 0) is 0 Å². The molecule has 1 unspecified atom stereocenters. The van der Waals surface area contributed by atoms with E-state index in [1.807, 2.05) is 12.1 Å². The summed E-state index contributed by atoms with van der Waals surface area (Å²) < 4.78 is 10.7. The highest BCUT2D eigenvalue weighted by Crippen LogP contribution is 2.36. The van der Waals surface area contributed by atoms with E-state index in [4.69, 9.17) is 15.2 Å². The average Bonchev–Trinajstić information content (AvgIpc) is 2.93. The van der Waals surface area contributed by atoms with Crippen LogP contribution in [0.15, 0.2) is 23.2 Å². The van der Waals surface area contributed by atoms with Crippen molar-refractivity contribution >= 4 is 5.96 Å². The first-order valence-corrected chi connectivity index (χ1v) is 5.75. The molecule has 0 spiro atoms. The molecule has 0 fully saturated rings. The summed E-state index contributed by atoms with van der Waals surface area (Å²) in [7, 11) is 0. The summed E-state index contributed by atoms with van der Waals surface area (Å²) in [6, 6.07) is 6.23. The number of ether oxygens (including phenoxy) is 2. The number of likely N-dealkylation sites (N-methyl/N-ethyl adjacent to an activating group) is 1. The van der Waals surface area contributed by atoms with Gasteiger partial charge in [0.2, 0.25) is 6.79 Å². The Labute approximate surface area is 99.8 Å². The van der Waals surface area contributed by atoms with Gasteiger partial charge >= 0.3 is 0 Å². The summed E-state index contributed by atoms with van der Waals surface area (Å²) in [4.78, 5) is 6.38. The largest absolute Gasteiger partial charge is 0.454 e. The highest BCUT2D eigenvalue weighted by molar-refractivity contribution is 5.80. The monoisotopic (exact) mass is 233 g/mol. The number of hydrogen-bond donors (Lipinski definition) is 1. The average molecular weight is 233 g/mol. The van der Waals surface area contributed by atoms with E-state index < -0.39 is 0 Å². The molecule has 90 valence electrons. The van der Waals surface area contributed by atoms with Gasteiger partial charge in [-0.05, 0) is 24.6 Å². The van der Waals surface area contributed by atoms with E-state index >= 15 is 0 Å². The van der Waals surface area contributed by atoms with E-state index in [0.717, 1.165) is 18.0 Å². The van der Waals surface area contributed by atoms with Gasteiger partial charge in [-0.1, -0.05) is 6.07 Å². The Kier molecular flexibility index (Phi) is 2.31. The standard InChI is InChI=1S/C12H15N3O2/c1-2-15-9(6-14-12(15)13)8-3-4-10-11(5-8)17-7-16-10/h3-5,9H,2,6-7H2,1H3,(H2,13,14). The van der Waals surface area contributed by atoms with Crippen molar-refractivity contribution in [3.05, 3.63) is 23.8 Å². The molecule has 0 saturated carbocycles. The van der Waals surface area contributed by atoms with Gasteiger partial charge in [-0.15, -0.1) is 0 Å². The number of aliphatic imine (C=N–C) groups is 1. The van der Waals surface area contributed by atoms with Crippen LogP contribution in [0.1, 0.15) is 18.5 Å². The topological polar surface area (TPSA) is 60.1 Å². The second-order valence-corrected chi connectivity index (χ2v) is 4.11. The van der Waals surface area contributed by atoms with Gasteiger partial charge in [0.05, 0.1) is 12.6 Å². The molecule has 0 aromatic heterocycles. The molecule has 2 heterocycles. The molecule has 0 radical (unpaired) electrons. The Hall–Kier alpha value is -1.91. The second-order valence-electron chi connectivity index (χ2n) is 4.11. The number of hydrogen-bond acceptors (Lipinski definition) is 5. The Bertz CT molecular complexity index is 473. The maximum atomic E-state index is 5.85. The Morgan fingerprint density at radius 1 is 1.41 bits per heavy atom. The minimum Gasteiger partial charge on any atom is -0.454 e. The number of fused-ring (bicyclic) bond motifs is 1. The smallest absolute Gasteiger partial charge is 0.231 e. The predicted octanol–water partition coefficient (Wildman–Crippen LogP) is 1.11. The molecule has 5 nitrogen and oxygen atoms in total. The first-order valence-electron chi connectivity index (χ1n) is 5.75. The molecule has 0 aliphatic carbocycles. The first-order chi connectivity index (χ1) is 8.29. The second kappa shape index (κ2) is 3.84. The molecule has 17 heavy (non-hydrogen) atoms. The SMILES string of the molecule is CCN1C(N)=NCC1c1ccc2c(c1)OCO2. The summed E-state index contributed by atoms with van der Waals surface area (Å²) in [5.41, 5.74) is 7.02. The lowest BCUT2D eigenvalue weighted by atomic mass is 10.1. The zero-order valence-corrected chi connectivity index (χ0v) is 9.72. The first kappa shape index (κ1) is 10.3. The van der Waals surface area contributed by atoms with E-state index in [0.29, 0.717) is 19.3 Å². The fraction of sp³-hybridized carbons (Fsp3) is 0.417. The van der Waals surface area contributed by atoms with Crippen LogP contribution in [0.2, 0.25) is 0 Å². The van der Waals surface area contributed by atoms with Gasteiger partial charge in [0.25, 0.3) is 0 Å². The predicted molar refractivity (Wildman–Crippen MR) is 64.2 cm³/mol. The molecule has 0 amide bonds. The summed E-state index contributed by atoms with van der Waals surface area (Å²) in [5.74, 6) is 2.24. The van der Waals surface area contributed by atoms with Gasteiger partial charge in [-0.3, -0.25) is 4.99 Å². The lowest BCUT2D eigenvalue weighted by Gasteiger charge is -2.25. The van der Waals surface area contributed by atoms with Crippen LogP contribution in [0.3, 0.4) is 0 Å². The van der Waals surface area contributed by atoms with E-state index in [1.54, 1.807) is 0 Å². The van der Waals surface area contributed by atoms with Crippen molar-refractivity contribution in [2.45, 2.75) is 13.0 Å². The quantitative estimate of drug-likeness (QED) is 0.831. The van der Waals surface area contributed by atoms with Crippen molar-refractivity contribution < 1.29 is 9.47 Å². The number of benzene rings is 1. The van der Waals surface area contributed by atoms with Crippen molar-refractivity contribution in [2.24, 2.45) is 10.7 Å². The van der Waals surface area contributed by atoms with Gasteiger partial charge in [0.15, 0.2) is 17.5 Å². The maximum Gasteiger partial charge on any atom is 0.231 e. The molecule has 1 aromatic rings. The van der Waals surface area contributed by atoms with Crippen molar-refractivity contribution in [1.29, 1.82) is 0 Å². The van der Waals surface area contributed by atoms with Gasteiger partial charge < -0.3 is 20.1 Å². The third kappa shape index (κ3) is 1.58. The van der Waals surface area contributed by atoms with Crippen LogP contribution in [0.25, 0.3) is 0 Å². The van der Waals surface area contributed by atoms with Gasteiger partial charge in [-0.2, -0.15) is 0 Å². The number of rotatable bonds is 2. The van der Waals surface area contributed by atoms with Gasteiger partial charge in [0, 0.05) is 6.54 Å². The van der Waals surface area contributed by atoms with Crippen LogP contribution in [0.5, 0.6) is 11.5 Å². The molecule has 5 heteroatoms. The normalized spacial score (nSPS) is 21.8.